The average molecular weight is 377 g/mol. The SMILES string of the molecule is CCN(CC(=O)Nc1cc(OC)c(Cl)cc1OC)c1ccc(C)cc1C. The lowest BCUT2D eigenvalue weighted by atomic mass is 10.1. The molecule has 0 saturated heterocycles. The van der Waals surface area contributed by atoms with Crippen molar-refractivity contribution in [2.24, 2.45) is 0 Å². The summed E-state index contributed by atoms with van der Waals surface area (Å²) in [7, 11) is 3.06. The molecule has 0 saturated carbocycles. The van der Waals surface area contributed by atoms with E-state index in [-0.39, 0.29) is 12.5 Å². The first-order valence-electron chi connectivity index (χ1n) is 8.43. The van der Waals surface area contributed by atoms with Crippen molar-refractivity contribution in [2.75, 3.05) is 37.5 Å². The van der Waals surface area contributed by atoms with Gasteiger partial charge in [0, 0.05) is 24.4 Å². The molecule has 1 amide bonds. The van der Waals surface area contributed by atoms with Crippen molar-refractivity contribution < 1.29 is 14.3 Å². The van der Waals surface area contributed by atoms with Crippen LogP contribution < -0.4 is 19.7 Å². The number of carbonyl (C=O) groups is 1. The summed E-state index contributed by atoms with van der Waals surface area (Å²) in [4.78, 5) is 14.6. The third-order valence-corrected chi connectivity index (χ3v) is 4.45. The number of likely N-dealkylation sites (N-methyl/N-ethyl adjacent to an activating group) is 1. The van der Waals surface area contributed by atoms with Crippen LogP contribution in [0.3, 0.4) is 0 Å². The number of methoxy groups -OCH3 is 2. The first kappa shape index (κ1) is 19.9. The second kappa shape index (κ2) is 8.81. The molecular formula is C20H25ClN2O3. The Balaban J connectivity index is 2.19. The minimum absolute atomic E-state index is 0.144. The van der Waals surface area contributed by atoms with Gasteiger partial charge >= 0.3 is 0 Å². The van der Waals surface area contributed by atoms with E-state index in [0.717, 1.165) is 17.8 Å². The quantitative estimate of drug-likeness (QED) is 0.776. The van der Waals surface area contributed by atoms with Gasteiger partial charge in [0.05, 0.1) is 31.5 Å². The van der Waals surface area contributed by atoms with Crippen molar-refractivity contribution in [1.82, 2.24) is 0 Å². The number of hydrogen-bond acceptors (Lipinski definition) is 4. The number of anilines is 2. The number of ether oxygens (including phenoxy) is 2. The van der Waals surface area contributed by atoms with E-state index in [1.807, 2.05) is 17.9 Å². The molecule has 0 spiro atoms. The molecule has 2 aromatic carbocycles. The van der Waals surface area contributed by atoms with Gasteiger partial charge in [-0.25, -0.2) is 0 Å². The summed E-state index contributed by atoms with van der Waals surface area (Å²) in [5.41, 5.74) is 3.92. The van der Waals surface area contributed by atoms with Gasteiger partial charge in [-0.15, -0.1) is 0 Å². The molecule has 6 heteroatoms. The largest absolute Gasteiger partial charge is 0.495 e. The molecule has 0 aliphatic rings. The lowest BCUT2D eigenvalue weighted by Crippen LogP contribution is -2.33. The molecule has 0 bridgehead atoms. The monoisotopic (exact) mass is 376 g/mol. The van der Waals surface area contributed by atoms with Crippen molar-refractivity contribution in [1.29, 1.82) is 0 Å². The fraction of sp³-hybridized carbons (Fsp3) is 0.350. The van der Waals surface area contributed by atoms with Crippen LogP contribution in [0.4, 0.5) is 11.4 Å². The fourth-order valence-electron chi connectivity index (χ4n) is 2.85. The van der Waals surface area contributed by atoms with Gasteiger partial charge in [-0.2, -0.15) is 0 Å². The van der Waals surface area contributed by atoms with Gasteiger partial charge in [-0.3, -0.25) is 4.79 Å². The van der Waals surface area contributed by atoms with Crippen LogP contribution in [-0.2, 0) is 4.79 Å². The van der Waals surface area contributed by atoms with E-state index in [9.17, 15) is 4.79 Å². The second-order valence-electron chi connectivity index (χ2n) is 6.04. The average Bonchev–Trinajstić information content (AvgIpc) is 2.61. The summed E-state index contributed by atoms with van der Waals surface area (Å²) in [5, 5.41) is 3.31. The Hall–Kier alpha value is -2.40. The minimum Gasteiger partial charge on any atom is -0.495 e. The van der Waals surface area contributed by atoms with Gasteiger partial charge in [0.25, 0.3) is 0 Å². The maximum atomic E-state index is 12.6. The van der Waals surface area contributed by atoms with Crippen molar-refractivity contribution in [3.63, 3.8) is 0 Å². The molecule has 0 fully saturated rings. The van der Waals surface area contributed by atoms with Crippen LogP contribution >= 0.6 is 11.6 Å². The molecule has 0 atom stereocenters. The zero-order valence-corrected chi connectivity index (χ0v) is 16.6. The summed E-state index contributed by atoms with van der Waals surface area (Å²) in [6.07, 6.45) is 0. The third kappa shape index (κ3) is 4.61. The summed E-state index contributed by atoms with van der Waals surface area (Å²) in [6.45, 7) is 7.08. The van der Waals surface area contributed by atoms with E-state index >= 15 is 0 Å². The van der Waals surface area contributed by atoms with E-state index < -0.39 is 0 Å². The number of benzene rings is 2. The lowest BCUT2D eigenvalue weighted by Gasteiger charge is -2.25. The number of rotatable bonds is 7. The van der Waals surface area contributed by atoms with Crippen LogP contribution in [0.15, 0.2) is 30.3 Å². The van der Waals surface area contributed by atoms with Crippen LogP contribution in [0.2, 0.25) is 5.02 Å². The fourth-order valence-corrected chi connectivity index (χ4v) is 3.08. The zero-order valence-electron chi connectivity index (χ0n) is 15.9. The number of aryl methyl sites for hydroxylation is 2. The molecule has 0 radical (unpaired) electrons. The smallest absolute Gasteiger partial charge is 0.243 e. The Morgan fingerprint density at radius 2 is 1.81 bits per heavy atom. The maximum Gasteiger partial charge on any atom is 0.243 e. The van der Waals surface area contributed by atoms with Gasteiger partial charge in [-0.1, -0.05) is 29.3 Å². The zero-order chi connectivity index (χ0) is 19.3. The van der Waals surface area contributed by atoms with Gasteiger partial charge in [0.15, 0.2) is 0 Å². The standard InChI is InChI=1S/C20H25ClN2O3/c1-6-23(17-8-7-13(2)9-14(17)3)12-20(24)22-16-11-18(25-4)15(21)10-19(16)26-5/h7-11H,6,12H2,1-5H3,(H,22,24). The van der Waals surface area contributed by atoms with Gasteiger partial charge < -0.3 is 19.7 Å². The predicted octanol–water partition coefficient (Wildman–Crippen LogP) is 4.44. The molecule has 0 heterocycles. The number of carbonyl (C=O) groups excluding carboxylic acids is 1. The first-order chi connectivity index (χ1) is 12.4. The predicted molar refractivity (Wildman–Crippen MR) is 107 cm³/mol. The molecule has 140 valence electrons. The van der Waals surface area contributed by atoms with E-state index in [1.54, 1.807) is 12.1 Å². The number of amides is 1. The Morgan fingerprint density at radius 3 is 2.38 bits per heavy atom. The highest BCUT2D eigenvalue weighted by Gasteiger charge is 2.16. The molecule has 2 rings (SSSR count). The van der Waals surface area contributed by atoms with Crippen LogP contribution in [-0.4, -0.2) is 33.2 Å². The van der Waals surface area contributed by atoms with Crippen LogP contribution in [0.1, 0.15) is 18.1 Å². The molecule has 0 aromatic heterocycles. The molecule has 0 aliphatic carbocycles. The van der Waals surface area contributed by atoms with Crippen molar-refractivity contribution in [2.45, 2.75) is 20.8 Å². The van der Waals surface area contributed by atoms with Crippen molar-refractivity contribution >= 4 is 28.9 Å². The topological polar surface area (TPSA) is 50.8 Å². The third-order valence-electron chi connectivity index (χ3n) is 4.16. The highest BCUT2D eigenvalue weighted by atomic mass is 35.5. The Kier molecular flexibility index (Phi) is 6.75. The van der Waals surface area contributed by atoms with E-state index in [2.05, 4.69) is 31.3 Å². The minimum atomic E-state index is -0.144. The Morgan fingerprint density at radius 1 is 1.12 bits per heavy atom. The van der Waals surface area contributed by atoms with E-state index in [1.165, 1.54) is 19.8 Å². The Labute approximate surface area is 159 Å². The number of halogens is 1. The first-order valence-corrected chi connectivity index (χ1v) is 8.81. The van der Waals surface area contributed by atoms with Gasteiger partial charge in [-0.05, 0) is 32.4 Å². The van der Waals surface area contributed by atoms with E-state index in [4.69, 9.17) is 21.1 Å². The number of nitrogens with one attached hydrogen (secondary N) is 1. The number of hydrogen-bond donors (Lipinski definition) is 1. The molecule has 26 heavy (non-hydrogen) atoms. The molecule has 1 N–H and O–H groups in total. The van der Waals surface area contributed by atoms with Crippen molar-refractivity contribution in [3.05, 3.63) is 46.5 Å². The molecule has 5 nitrogen and oxygen atoms in total. The molecule has 2 aromatic rings. The van der Waals surface area contributed by atoms with Gasteiger partial charge in [0.2, 0.25) is 5.91 Å². The summed E-state index contributed by atoms with van der Waals surface area (Å²) < 4.78 is 10.5. The van der Waals surface area contributed by atoms with Crippen LogP contribution in [0.5, 0.6) is 11.5 Å². The molecule has 0 aliphatic heterocycles. The van der Waals surface area contributed by atoms with Crippen LogP contribution in [0.25, 0.3) is 0 Å². The summed E-state index contributed by atoms with van der Waals surface area (Å²) >= 11 is 6.11. The second-order valence-corrected chi connectivity index (χ2v) is 6.45. The summed E-state index contributed by atoms with van der Waals surface area (Å²) in [5.74, 6) is 0.817. The normalized spacial score (nSPS) is 10.4. The molecular weight excluding hydrogens is 352 g/mol. The highest BCUT2D eigenvalue weighted by Crippen LogP contribution is 2.35. The van der Waals surface area contributed by atoms with Gasteiger partial charge in [0.1, 0.15) is 11.5 Å². The number of nitrogens with zero attached hydrogens (tertiary/aromatic N) is 1. The highest BCUT2D eigenvalue weighted by molar-refractivity contribution is 6.32. The van der Waals surface area contributed by atoms with E-state index in [0.29, 0.717) is 22.2 Å². The summed E-state index contributed by atoms with van der Waals surface area (Å²) in [6, 6.07) is 9.50. The van der Waals surface area contributed by atoms with Crippen LogP contribution in [0, 0.1) is 13.8 Å². The maximum absolute atomic E-state index is 12.6. The van der Waals surface area contributed by atoms with Crippen molar-refractivity contribution in [3.8, 4) is 11.5 Å². The molecule has 0 unspecified atom stereocenters. The Bertz CT molecular complexity index is 793. The lowest BCUT2D eigenvalue weighted by molar-refractivity contribution is -0.115.